The van der Waals surface area contributed by atoms with Crippen molar-refractivity contribution in [2.24, 2.45) is 5.92 Å². The number of aromatic nitrogens is 2. The van der Waals surface area contributed by atoms with E-state index < -0.39 is 0 Å². The molecule has 0 amide bonds. The lowest BCUT2D eigenvalue weighted by Gasteiger charge is -2.32. The maximum Gasteiger partial charge on any atom is 0.141 e. The van der Waals surface area contributed by atoms with Gasteiger partial charge in [-0.1, -0.05) is 15.9 Å². The molecular weight excluding hydrogens is 322 g/mol. The van der Waals surface area contributed by atoms with E-state index in [2.05, 4.69) is 44.6 Å². The molecular formula is C14H18BrN3S. The van der Waals surface area contributed by atoms with Crippen molar-refractivity contribution in [3.63, 3.8) is 0 Å². The Morgan fingerprint density at radius 1 is 1.32 bits per heavy atom. The minimum Gasteiger partial charge on any atom is -0.356 e. The Labute approximate surface area is 126 Å². The molecule has 0 bridgehead atoms. The van der Waals surface area contributed by atoms with E-state index in [-0.39, 0.29) is 0 Å². The van der Waals surface area contributed by atoms with E-state index in [4.69, 9.17) is 0 Å². The van der Waals surface area contributed by atoms with Crippen LogP contribution in [-0.4, -0.2) is 28.4 Å². The number of alkyl halides is 1. The molecule has 102 valence electrons. The highest BCUT2D eigenvalue weighted by atomic mass is 79.9. The fourth-order valence-electron chi connectivity index (χ4n) is 2.70. The molecule has 1 saturated heterocycles. The van der Waals surface area contributed by atoms with Crippen molar-refractivity contribution in [2.45, 2.75) is 26.7 Å². The molecule has 0 atom stereocenters. The second-order valence-electron chi connectivity index (χ2n) is 5.25. The van der Waals surface area contributed by atoms with Crippen molar-refractivity contribution >= 4 is 43.3 Å². The summed E-state index contributed by atoms with van der Waals surface area (Å²) < 4.78 is 0. The largest absolute Gasteiger partial charge is 0.356 e. The third-order valence-corrected chi connectivity index (χ3v) is 6.11. The van der Waals surface area contributed by atoms with Crippen LogP contribution in [0.25, 0.3) is 10.2 Å². The second-order valence-corrected chi connectivity index (χ2v) is 7.10. The Balaban J connectivity index is 1.97. The van der Waals surface area contributed by atoms with Gasteiger partial charge in [0.1, 0.15) is 17.0 Å². The van der Waals surface area contributed by atoms with E-state index in [0.29, 0.717) is 0 Å². The van der Waals surface area contributed by atoms with Gasteiger partial charge in [0.15, 0.2) is 0 Å². The molecule has 0 radical (unpaired) electrons. The van der Waals surface area contributed by atoms with E-state index in [1.165, 1.54) is 28.7 Å². The topological polar surface area (TPSA) is 29.0 Å². The first kappa shape index (κ1) is 13.3. The Hall–Kier alpha value is -0.680. The zero-order valence-electron chi connectivity index (χ0n) is 11.3. The van der Waals surface area contributed by atoms with Crippen LogP contribution in [0.3, 0.4) is 0 Å². The maximum atomic E-state index is 4.57. The fraction of sp³-hybridized carbons (Fsp3) is 0.571. The van der Waals surface area contributed by atoms with Gasteiger partial charge in [-0.2, -0.15) is 0 Å². The number of fused-ring (bicyclic) bond motifs is 1. The maximum absolute atomic E-state index is 4.57. The normalized spacial score (nSPS) is 17.3. The first-order chi connectivity index (χ1) is 9.20. The van der Waals surface area contributed by atoms with Crippen LogP contribution >= 0.6 is 27.3 Å². The van der Waals surface area contributed by atoms with Gasteiger partial charge in [0.25, 0.3) is 0 Å². The van der Waals surface area contributed by atoms with Gasteiger partial charge >= 0.3 is 0 Å². The van der Waals surface area contributed by atoms with Gasteiger partial charge in [0, 0.05) is 23.3 Å². The van der Waals surface area contributed by atoms with Crippen LogP contribution in [0.4, 0.5) is 5.82 Å². The summed E-state index contributed by atoms with van der Waals surface area (Å²) in [5.74, 6) is 1.96. The Kier molecular flexibility index (Phi) is 3.76. The number of rotatable bonds is 2. The molecule has 3 heterocycles. The van der Waals surface area contributed by atoms with E-state index in [9.17, 15) is 0 Å². The van der Waals surface area contributed by atoms with Crippen LogP contribution in [0.5, 0.6) is 0 Å². The molecule has 0 unspecified atom stereocenters. The monoisotopic (exact) mass is 339 g/mol. The lowest BCUT2D eigenvalue weighted by atomic mass is 9.99. The molecule has 3 rings (SSSR count). The minimum absolute atomic E-state index is 0.818. The molecule has 0 aromatic carbocycles. The van der Waals surface area contributed by atoms with Crippen molar-refractivity contribution in [3.8, 4) is 0 Å². The zero-order valence-corrected chi connectivity index (χ0v) is 13.7. The van der Waals surface area contributed by atoms with Crippen LogP contribution in [0.15, 0.2) is 6.33 Å². The Morgan fingerprint density at radius 2 is 2.05 bits per heavy atom. The van der Waals surface area contributed by atoms with Crippen molar-refractivity contribution in [1.82, 2.24) is 9.97 Å². The van der Waals surface area contributed by atoms with Gasteiger partial charge in [-0.25, -0.2) is 9.97 Å². The van der Waals surface area contributed by atoms with E-state index in [1.807, 2.05) is 0 Å². The smallest absolute Gasteiger partial charge is 0.141 e. The van der Waals surface area contributed by atoms with Gasteiger partial charge in [-0.15, -0.1) is 11.3 Å². The molecule has 1 fully saturated rings. The van der Waals surface area contributed by atoms with E-state index in [1.54, 1.807) is 17.7 Å². The van der Waals surface area contributed by atoms with E-state index >= 15 is 0 Å². The number of anilines is 1. The highest BCUT2D eigenvalue weighted by Crippen LogP contribution is 2.35. The Morgan fingerprint density at radius 3 is 2.74 bits per heavy atom. The summed E-state index contributed by atoms with van der Waals surface area (Å²) in [5.41, 5.74) is 1.35. The quantitative estimate of drug-likeness (QED) is 0.776. The third kappa shape index (κ3) is 2.38. The molecule has 0 saturated carbocycles. The van der Waals surface area contributed by atoms with Gasteiger partial charge < -0.3 is 4.90 Å². The van der Waals surface area contributed by atoms with Crippen molar-refractivity contribution in [1.29, 1.82) is 0 Å². The predicted molar refractivity (Wildman–Crippen MR) is 85.6 cm³/mol. The summed E-state index contributed by atoms with van der Waals surface area (Å²) >= 11 is 5.38. The van der Waals surface area contributed by atoms with Crippen LogP contribution in [0.1, 0.15) is 23.3 Å². The summed E-state index contributed by atoms with van der Waals surface area (Å²) in [5, 5.41) is 2.39. The van der Waals surface area contributed by atoms with Gasteiger partial charge in [0.05, 0.1) is 5.39 Å². The summed E-state index contributed by atoms with van der Waals surface area (Å²) in [6.45, 7) is 6.57. The number of aryl methyl sites for hydroxylation is 2. The summed E-state index contributed by atoms with van der Waals surface area (Å²) in [6, 6.07) is 0. The minimum atomic E-state index is 0.818. The molecule has 2 aromatic rings. The van der Waals surface area contributed by atoms with Gasteiger partial charge in [0.2, 0.25) is 0 Å². The lowest BCUT2D eigenvalue weighted by molar-refractivity contribution is 0.446. The zero-order chi connectivity index (χ0) is 13.4. The highest BCUT2D eigenvalue weighted by molar-refractivity contribution is 9.09. The number of nitrogens with zero attached hydrogens (tertiary/aromatic N) is 3. The first-order valence-electron chi connectivity index (χ1n) is 6.72. The van der Waals surface area contributed by atoms with E-state index in [0.717, 1.165) is 35.0 Å². The lowest BCUT2D eigenvalue weighted by Crippen LogP contribution is -2.34. The molecule has 5 heteroatoms. The Bertz CT molecular complexity index is 588. The number of halogens is 1. The second kappa shape index (κ2) is 5.37. The molecule has 1 aliphatic heterocycles. The molecule has 3 nitrogen and oxygen atoms in total. The summed E-state index contributed by atoms with van der Waals surface area (Å²) in [6.07, 6.45) is 4.21. The molecule has 19 heavy (non-hydrogen) atoms. The number of hydrogen-bond acceptors (Lipinski definition) is 4. The molecule has 2 aromatic heterocycles. The van der Waals surface area contributed by atoms with Crippen LogP contribution < -0.4 is 4.90 Å². The number of piperidine rings is 1. The fourth-order valence-corrected chi connectivity index (χ4v) is 4.34. The van der Waals surface area contributed by atoms with Crippen LogP contribution in [-0.2, 0) is 0 Å². The standard InChI is InChI=1S/C14H18BrN3S/c1-9-10(2)19-14-12(9)13(16-8-17-14)18-5-3-11(7-15)4-6-18/h8,11H,3-7H2,1-2H3. The van der Waals surface area contributed by atoms with Crippen molar-refractivity contribution in [3.05, 3.63) is 16.8 Å². The predicted octanol–water partition coefficient (Wildman–Crippen LogP) is 3.92. The molecule has 0 N–H and O–H groups in total. The van der Waals surface area contributed by atoms with Gasteiger partial charge in [-0.05, 0) is 38.2 Å². The molecule has 1 aliphatic rings. The summed E-state index contributed by atoms with van der Waals surface area (Å²) in [4.78, 5) is 13.9. The first-order valence-corrected chi connectivity index (χ1v) is 8.66. The SMILES string of the molecule is Cc1sc2ncnc(N3CCC(CBr)CC3)c2c1C. The molecule has 0 aliphatic carbocycles. The average Bonchev–Trinajstić information content (AvgIpc) is 2.74. The molecule has 0 spiro atoms. The van der Waals surface area contributed by atoms with Gasteiger partial charge in [-0.3, -0.25) is 0 Å². The average molecular weight is 340 g/mol. The third-order valence-electron chi connectivity index (χ3n) is 4.08. The summed E-state index contributed by atoms with van der Waals surface area (Å²) in [7, 11) is 0. The van der Waals surface area contributed by atoms with Crippen molar-refractivity contribution in [2.75, 3.05) is 23.3 Å². The number of thiophene rings is 1. The number of hydrogen-bond donors (Lipinski definition) is 0. The van der Waals surface area contributed by atoms with Crippen LogP contribution in [0, 0.1) is 19.8 Å². The highest BCUT2D eigenvalue weighted by Gasteiger charge is 2.22. The van der Waals surface area contributed by atoms with Crippen molar-refractivity contribution < 1.29 is 0 Å². The van der Waals surface area contributed by atoms with Crippen LogP contribution in [0.2, 0.25) is 0 Å².